The van der Waals surface area contributed by atoms with Crippen LogP contribution in [0.1, 0.15) is 39.5 Å². The van der Waals surface area contributed by atoms with Gasteiger partial charge < -0.3 is 15.5 Å². The van der Waals surface area contributed by atoms with Gasteiger partial charge in [0.25, 0.3) is 0 Å². The van der Waals surface area contributed by atoms with Gasteiger partial charge >= 0.3 is 5.97 Å². The number of carboxylic acids is 1. The van der Waals surface area contributed by atoms with Crippen molar-refractivity contribution < 1.29 is 29.4 Å². The van der Waals surface area contributed by atoms with Crippen molar-refractivity contribution in [3.05, 3.63) is 0 Å². The molecule has 0 aliphatic carbocycles. The Labute approximate surface area is 129 Å². The fraction of sp³-hybridized carbons (Fsp3) is 0.714. The number of ketones is 2. The van der Waals surface area contributed by atoms with E-state index in [2.05, 4.69) is 10.6 Å². The monoisotopic (exact) mass is 573 g/mol. The van der Waals surface area contributed by atoms with Crippen LogP contribution in [-0.2, 0) is 19.2 Å². The number of unbranched alkanes of at least 4 members (excludes halogenated alkanes) is 1. The van der Waals surface area contributed by atoms with E-state index < -0.39 is 42.8 Å². The summed E-state index contributed by atoms with van der Waals surface area (Å²) >= 11 is 0. The number of carboxylic acid groups (broad SMARTS) is 1. The zero-order valence-electron chi connectivity index (χ0n) is 13.2. The SMILES string of the molecule is CCCCC(=O)[C@H](CO)NC(=O)[C@@H](C)NCC(=O)CC(=O)O.[Fm]. The van der Waals surface area contributed by atoms with E-state index in [0.29, 0.717) is 6.42 Å². The predicted molar refractivity (Wildman–Crippen MR) is 78.3 cm³/mol. The van der Waals surface area contributed by atoms with E-state index >= 15 is 0 Å². The molecule has 0 fully saturated rings. The van der Waals surface area contributed by atoms with E-state index in [4.69, 9.17) is 10.2 Å². The number of carbonyl (C=O) groups is 4. The Bertz CT molecular complexity index is 416. The summed E-state index contributed by atoms with van der Waals surface area (Å²) in [6.07, 6.45) is 1.18. The molecule has 8 nitrogen and oxygen atoms in total. The Morgan fingerprint density at radius 1 is 1.17 bits per heavy atom. The maximum atomic E-state index is 11.9. The Kier molecular flexibility index (Phi) is 11.5. The van der Waals surface area contributed by atoms with Gasteiger partial charge in [-0.15, -0.1) is 0 Å². The van der Waals surface area contributed by atoms with Crippen LogP contribution < -0.4 is 10.6 Å². The Hall–Kier alpha value is -2.80. The molecule has 0 aliphatic heterocycles. The maximum Gasteiger partial charge on any atom is 0.310 e. The molecule has 0 radical (unpaired) electrons. The third-order valence-electron chi connectivity index (χ3n) is 3.01. The quantitative estimate of drug-likeness (QED) is 0.226. The molecule has 1 amide bonds. The average molecular weight is 573 g/mol. The molecule has 0 aromatic rings. The number of carbonyl (C=O) groups excluding carboxylic acids is 3. The summed E-state index contributed by atoms with van der Waals surface area (Å²) in [6.45, 7) is 2.67. The van der Waals surface area contributed by atoms with Crippen molar-refractivity contribution in [2.24, 2.45) is 0 Å². The first kappa shape index (κ1) is 22.5. The minimum atomic E-state index is -1.23. The topological polar surface area (TPSA) is 133 Å². The summed E-state index contributed by atoms with van der Waals surface area (Å²) in [5.41, 5.74) is 0. The van der Waals surface area contributed by atoms with E-state index in [1.54, 1.807) is 0 Å². The van der Waals surface area contributed by atoms with Crippen LogP contribution >= 0.6 is 0 Å². The maximum absolute atomic E-state index is 11.9. The first-order chi connectivity index (χ1) is 10.3. The molecule has 0 aromatic carbocycles. The van der Waals surface area contributed by atoms with Gasteiger partial charge in [-0.05, 0) is 13.3 Å². The smallest absolute Gasteiger partial charge is 0.310 e. The van der Waals surface area contributed by atoms with Crippen LogP contribution in [0, 0.1) is 0 Å². The Morgan fingerprint density at radius 2 is 1.78 bits per heavy atom. The molecule has 4 N–H and O–H groups in total. The Balaban J connectivity index is 0. The number of nitrogens with one attached hydrogen (secondary N) is 2. The number of Topliss-reactive ketones (excluding diaryl/α,β-unsaturated/α-hetero) is 2. The Morgan fingerprint density at radius 3 is 2.26 bits per heavy atom. The van der Waals surface area contributed by atoms with Crippen molar-refractivity contribution in [2.45, 2.75) is 51.6 Å². The van der Waals surface area contributed by atoms with Crippen molar-refractivity contribution in [1.29, 1.82) is 0 Å². The van der Waals surface area contributed by atoms with Crippen molar-refractivity contribution in [3.8, 4) is 0 Å². The second-order valence-corrected chi connectivity index (χ2v) is 5.03. The van der Waals surface area contributed by atoms with Gasteiger partial charge in [-0.25, -0.2) is 0 Å². The number of hydrogen-bond donors (Lipinski definition) is 4. The number of hydrogen-bond acceptors (Lipinski definition) is 6. The molecule has 0 unspecified atom stereocenters. The van der Waals surface area contributed by atoms with Crippen LogP contribution in [0.3, 0.4) is 0 Å². The standard InChI is InChI=1S/C14H24N2O6.Fm/c1-3-4-5-12(19)11(8-17)16-14(22)9(2)15-7-10(18)6-13(20)21;/h9,11,15,17H,3-8H2,1-2H3,(H,16,22)(H,20,21);/t9-,11+;/m1./s1. The van der Waals surface area contributed by atoms with Gasteiger partial charge in [0.2, 0.25) is 5.91 Å². The zero-order chi connectivity index (χ0) is 17.1. The number of rotatable bonds is 12. The summed E-state index contributed by atoms with van der Waals surface area (Å²) in [7, 11) is 0. The molecular weight excluding hydrogens is 549 g/mol. The largest absolute Gasteiger partial charge is 0.481 e. The van der Waals surface area contributed by atoms with Crippen LogP contribution in [-0.4, -0.2) is 58.9 Å². The van der Waals surface area contributed by atoms with Crippen LogP contribution in [0.25, 0.3) is 0 Å². The van der Waals surface area contributed by atoms with Gasteiger partial charge in [0.05, 0.1) is 19.2 Å². The fourth-order valence-corrected chi connectivity index (χ4v) is 1.64. The molecule has 9 heteroatoms. The molecule has 2 atom stereocenters. The molecule has 0 heterocycles. The van der Waals surface area contributed by atoms with Crippen molar-refractivity contribution in [2.75, 3.05) is 13.2 Å². The summed E-state index contributed by atoms with van der Waals surface area (Å²) in [5, 5.41) is 22.6. The molecule has 0 rings (SSSR count). The minimum absolute atomic E-state index is 0. The predicted octanol–water partition coefficient (Wildman–Crippen LogP) is -0.755. The van der Waals surface area contributed by atoms with Gasteiger partial charge in [0.15, 0.2) is 11.6 Å². The first-order valence-electron chi connectivity index (χ1n) is 7.22. The molecule has 23 heavy (non-hydrogen) atoms. The van der Waals surface area contributed by atoms with E-state index in [-0.39, 0.29) is 18.7 Å². The van der Waals surface area contributed by atoms with Crippen molar-refractivity contribution in [1.82, 2.24) is 10.6 Å². The van der Waals surface area contributed by atoms with Gasteiger partial charge in [0, 0.05) is 6.42 Å². The third kappa shape index (κ3) is 9.70. The third-order valence-corrected chi connectivity index (χ3v) is 3.01. The fourth-order valence-electron chi connectivity index (χ4n) is 1.64. The van der Waals surface area contributed by atoms with Crippen LogP contribution in [0.4, 0.5) is 0 Å². The number of aliphatic carboxylic acids is 1. The molecule has 0 saturated heterocycles. The number of aliphatic hydroxyl groups excluding tert-OH is 1. The van der Waals surface area contributed by atoms with E-state index in [1.165, 1.54) is 6.92 Å². The number of amides is 1. The van der Waals surface area contributed by atoms with Crippen LogP contribution in [0.2, 0.25) is 0 Å². The second-order valence-electron chi connectivity index (χ2n) is 5.03. The summed E-state index contributed by atoms with van der Waals surface area (Å²) < 4.78 is 0. The molecule has 0 aromatic heterocycles. The van der Waals surface area contributed by atoms with Crippen LogP contribution in [0.15, 0.2) is 0 Å². The molecule has 0 aliphatic rings. The molecule has 0 spiro atoms. The van der Waals surface area contributed by atoms with E-state index in [0.717, 1.165) is 6.42 Å². The first-order valence-corrected chi connectivity index (χ1v) is 7.22. The van der Waals surface area contributed by atoms with Crippen LogP contribution in [0.5, 0.6) is 0 Å². The van der Waals surface area contributed by atoms with Gasteiger partial charge in [-0.3, -0.25) is 24.5 Å². The molecule has 0 bridgehead atoms. The van der Waals surface area contributed by atoms with Gasteiger partial charge in [-0.2, -0.15) is 0 Å². The molecular formula is C14H24FmN2O6. The molecule has 138 valence electrons. The van der Waals surface area contributed by atoms with E-state index in [1.807, 2.05) is 6.92 Å². The van der Waals surface area contributed by atoms with Gasteiger partial charge in [0.1, 0.15) is 12.5 Å². The molecule has 0 saturated carbocycles. The summed E-state index contributed by atoms with van der Waals surface area (Å²) in [5.74, 6) is -2.56. The zero-order valence-corrected chi connectivity index (χ0v) is 15.6. The normalized spacial score (nSPS) is 12.7. The van der Waals surface area contributed by atoms with E-state index in [9.17, 15) is 19.2 Å². The van der Waals surface area contributed by atoms with Gasteiger partial charge in [-0.1, -0.05) is 13.3 Å². The summed E-state index contributed by atoms with van der Waals surface area (Å²) in [6, 6.07) is -1.75. The van der Waals surface area contributed by atoms with Crippen molar-refractivity contribution in [3.63, 3.8) is 0 Å². The number of aliphatic hydroxyl groups is 1. The van der Waals surface area contributed by atoms with Crippen molar-refractivity contribution >= 4 is 23.4 Å². The minimum Gasteiger partial charge on any atom is -0.481 e. The average Bonchev–Trinajstić information content (AvgIpc) is 2.46. The second kappa shape index (κ2) is 11.8. The summed E-state index contributed by atoms with van der Waals surface area (Å²) in [4.78, 5) is 45.2.